The Labute approximate surface area is 222 Å². The number of nitrogens with zero attached hydrogens (tertiary/aromatic N) is 3. The Morgan fingerprint density at radius 2 is 1.81 bits per heavy atom. The Morgan fingerprint density at radius 3 is 2.41 bits per heavy atom. The van der Waals surface area contributed by atoms with Crippen molar-refractivity contribution in [3.63, 3.8) is 0 Å². The Bertz CT molecular complexity index is 876. The normalized spacial score (nSPS) is 30.1. The molecule has 0 aliphatic carbocycles. The molecule has 3 aliphatic rings. The molecule has 0 aromatic carbocycles. The molecule has 0 aromatic heterocycles. The van der Waals surface area contributed by atoms with Crippen LogP contribution < -0.4 is 0 Å². The fourth-order valence-corrected chi connectivity index (χ4v) is 6.83. The highest BCUT2D eigenvalue weighted by Crippen LogP contribution is 2.63. The number of ether oxygens (including phenoxy) is 1. The SMILES string of the molecule is C=CCN(CCC)C(=O)[C@@H]1[C@H]2C(=O)N(CCCCCCO)C(C(=O)N(CC=C)C(C)C)C23CC[C@@]1(C)O3. The number of fused-ring (bicyclic) bond motifs is 1. The van der Waals surface area contributed by atoms with Gasteiger partial charge in [0, 0.05) is 38.8 Å². The van der Waals surface area contributed by atoms with Gasteiger partial charge in [-0.05, 0) is 52.9 Å². The highest BCUT2D eigenvalue weighted by Gasteiger charge is 2.78. The number of rotatable bonds is 15. The molecule has 0 aromatic rings. The van der Waals surface area contributed by atoms with Crippen molar-refractivity contribution < 1.29 is 24.2 Å². The summed E-state index contributed by atoms with van der Waals surface area (Å²) in [5.41, 5.74) is -1.79. The summed E-state index contributed by atoms with van der Waals surface area (Å²) in [5, 5.41) is 9.12. The smallest absolute Gasteiger partial charge is 0.248 e. The van der Waals surface area contributed by atoms with Crippen LogP contribution in [0.3, 0.4) is 0 Å². The van der Waals surface area contributed by atoms with Gasteiger partial charge in [-0.1, -0.05) is 31.9 Å². The van der Waals surface area contributed by atoms with E-state index < -0.39 is 29.1 Å². The zero-order valence-electron chi connectivity index (χ0n) is 23.3. The maximum Gasteiger partial charge on any atom is 0.248 e. The second-order valence-electron chi connectivity index (χ2n) is 11.3. The van der Waals surface area contributed by atoms with Crippen LogP contribution in [0.4, 0.5) is 0 Å². The standard InChI is InChI=1S/C29H47N3O5/c1-7-16-30(17-8-2)25(34)22-23-26(35)32(19-12-10-11-13-20-33)24(27(36)31(18-9-3)21(4)5)29(23)15-14-28(22,6)37-29/h7,9,21-24,33H,1,3,8,10-20H2,2,4-6H3/t22-,23-,24?,28+,29?/m0/s1. The van der Waals surface area contributed by atoms with Gasteiger partial charge in [-0.25, -0.2) is 0 Å². The Balaban J connectivity index is 2.01. The molecule has 5 atom stereocenters. The molecule has 3 aliphatic heterocycles. The Hall–Kier alpha value is -2.19. The first kappa shape index (κ1) is 29.4. The lowest BCUT2D eigenvalue weighted by molar-refractivity contribution is -0.154. The topological polar surface area (TPSA) is 90.4 Å². The van der Waals surface area contributed by atoms with Gasteiger partial charge in [-0.3, -0.25) is 14.4 Å². The summed E-state index contributed by atoms with van der Waals surface area (Å²) in [7, 11) is 0. The summed E-state index contributed by atoms with van der Waals surface area (Å²) in [5.74, 6) is -1.64. The maximum atomic E-state index is 14.2. The number of amides is 3. The number of unbranched alkanes of at least 4 members (excludes halogenated alkanes) is 3. The maximum absolute atomic E-state index is 14.2. The molecule has 1 spiro atoms. The fraction of sp³-hybridized carbons (Fsp3) is 0.759. The number of aliphatic hydroxyl groups excluding tert-OH is 1. The summed E-state index contributed by atoms with van der Waals surface area (Å²) < 4.78 is 6.76. The second-order valence-corrected chi connectivity index (χ2v) is 11.3. The average molecular weight is 518 g/mol. The molecule has 37 heavy (non-hydrogen) atoms. The van der Waals surface area contributed by atoms with E-state index in [1.54, 1.807) is 26.9 Å². The minimum atomic E-state index is -1.01. The lowest BCUT2D eigenvalue weighted by Crippen LogP contribution is -2.57. The molecule has 8 heteroatoms. The van der Waals surface area contributed by atoms with Crippen LogP contribution in [0.15, 0.2) is 25.3 Å². The summed E-state index contributed by atoms with van der Waals surface area (Å²) in [6.07, 6.45) is 8.62. The number of hydrogen-bond donors (Lipinski definition) is 1. The zero-order valence-corrected chi connectivity index (χ0v) is 23.3. The van der Waals surface area contributed by atoms with Crippen molar-refractivity contribution in [2.24, 2.45) is 11.8 Å². The molecule has 3 fully saturated rings. The molecule has 208 valence electrons. The molecular weight excluding hydrogens is 470 g/mol. The van der Waals surface area contributed by atoms with Crippen LogP contribution in [-0.4, -0.2) is 93.6 Å². The van der Waals surface area contributed by atoms with Crippen molar-refractivity contribution in [1.29, 1.82) is 0 Å². The first-order valence-corrected chi connectivity index (χ1v) is 14.1. The van der Waals surface area contributed by atoms with E-state index in [4.69, 9.17) is 9.84 Å². The van der Waals surface area contributed by atoms with Crippen LogP contribution in [0.5, 0.6) is 0 Å². The van der Waals surface area contributed by atoms with Gasteiger partial charge in [0.25, 0.3) is 0 Å². The second kappa shape index (κ2) is 12.1. The summed E-state index contributed by atoms with van der Waals surface area (Å²) in [4.78, 5) is 47.6. The van der Waals surface area contributed by atoms with Crippen molar-refractivity contribution in [3.05, 3.63) is 25.3 Å². The molecule has 1 N–H and O–H groups in total. The predicted octanol–water partition coefficient (Wildman–Crippen LogP) is 3.15. The highest BCUT2D eigenvalue weighted by atomic mass is 16.5. The van der Waals surface area contributed by atoms with E-state index in [-0.39, 0.29) is 30.4 Å². The molecule has 3 heterocycles. The van der Waals surface area contributed by atoms with Gasteiger partial charge in [-0.15, -0.1) is 13.2 Å². The molecule has 2 bridgehead atoms. The molecular formula is C29H47N3O5. The van der Waals surface area contributed by atoms with Crippen molar-refractivity contribution in [3.8, 4) is 0 Å². The van der Waals surface area contributed by atoms with Gasteiger partial charge in [0.15, 0.2) is 0 Å². The first-order valence-electron chi connectivity index (χ1n) is 14.1. The van der Waals surface area contributed by atoms with E-state index in [0.717, 1.165) is 32.1 Å². The van der Waals surface area contributed by atoms with Crippen molar-refractivity contribution in [2.75, 3.05) is 32.8 Å². The van der Waals surface area contributed by atoms with E-state index in [2.05, 4.69) is 13.2 Å². The molecule has 0 radical (unpaired) electrons. The number of likely N-dealkylation sites (tertiary alicyclic amines) is 1. The fourth-order valence-electron chi connectivity index (χ4n) is 6.83. The quantitative estimate of drug-likeness (QED) is 0.266. The van der Waals surface area contributed by atoms with Gasteiger partial charge < -0.3 is 24.5 Å². The van der Waals surface area contributed by atoms with Gasteiger partial charge in [0.2, 0.25) is 17.7 Å². The van der Waals surface area contributed by atoms with Crippen LogP contribution in [0.2, 0.25) is 0 Å². The summed E-state index contributed by atoms with van der Waals surface area (Å²) in [6, 6.07) is -0.828. The van der Waals surface area contributed by atoms with Gasteiger partial charge in [-0.2, -0.15) is 0 Å². The Morgan fingerprint density at radius 1 is 1.14 bits per heavy atom. The van der Waals surface area contributed by atoms with Crippen molar-refractivity contribution in [2.45, 2.75) is 95.9 Å². The lowest BCUT2D eigenvalue weighted by atomic mass is 9.66. The largest absolute Gasteiger partial charge is 0.396 e. The molecule has 0 saturated carbocycles. The first-order chi connectivity index (χ1) is 17.6. The lowest BCUT2D eigenvalue weighted by Gasteiger charge is -2.38. The van der Waals surface area contributed by atoms with E-state index in [1.165, 1.54) is 0 Å². The molecule has 3 rings (SSSR count). The van der Waals surface area contributed by atoms with Crippen molar-refractivity contribution >= 4 is 17.7 Å². The molecule has 8 nitrogen and oxygen atoms in total. The predicted molar refractivity (Wildman–Crippen MR) is 144 cm³/mol. The van der Waals surface area contributed by atoms with Crippen molar-refractivity contribution in [1.82, 2.24) is 14.7 Å². The van der Waals surface area contributed by atoms with Gasteiger partial charge in [0.1, 0.15) is 11.6 Å². The van der Waals surface area contributed by atoms with Crippen LogP contribution in [0.25, 0.3) is 0 Å². The summed E-state index contributed by atoms with van der Waals surface area (Å²) >= 11 is 0. The molecule has 3 amide bonds. The molecule has 3 saturated heterocycles. The van der Waals surface area contributed by atoms with E-state index >= 15 is 0 Å². The van der Waals surface area contributed by atoms with E-state index in [9.17, 15) is 14.4 Å². The minimum absolute atomic E-state index is 0.0679. The third kappa shape index (κ3) is 5.24. The monoisotopic (exact) mass is 517 g/mol. The zero-order chi connectivity index (χ0) is 27.4. The van der Waals surface area contributed by atoms with Crippen LogP contribution >= 0.6 is 0 Å². The average Bonchev–Trinajstić information content (AvgIpc) is 3.42. The summed E-state index contributed by atoms with van der Waals surface area (Å²) in [6.45, 7) is 17.5. The Kier molecular flexibility index (Phi) is 9.62. The van der Waals surface area contributed by atoms with Crippen LogP contribution in [0, 0.1) is 11.8 Å². The number of aliphatic hydroxyl groups is 1. The van der Waals surface area contributed by atoms with Crippen LogP contribution in [-0.2, 0) is 19.1 Å². The third-order valence-corrected chi connectivity index (χ3v) is 8.47. The highest BCUT2D eigenvalue weighted by molar-refractivity contribution is 5.99. The van der Waals surface area contributed by atoms with Crippen LogP contribution in [0.1, 0.15) is 72.6 Å². The van der Waals surface area contributed by atoms with Gasteiger partial charge in [0.05, 0.1) is 17.4 Å². The third-order valence-electron chi connectivity index (χ3n) is 8.47. The van der Waals surface area contributed by atoms with Gasteiger partial charge >= 0.3 is 0 Å². The minimum Gasteiger partial charge on any atom is -0.396 e. The number of carbonyl (C=O) groups is 3. The van der Waals surface area contributed by atoms with E-state index in [1.807, 2.05) is 27.7 Å². The number of hydrogen-bond acceptors (Lipinski definition) is 5. The number of carbonyl (C=O) groups excluding carboxylic acids is 3. The molecule has 2 unspecified atom stereocenters. The van der Waals surface area contributed by atoms with E-state index in [0.29, 0.717) is 39.0 Å².